The first-order chi connectivity index (χ1) is 14.7. The number of piperazine rings is 1. The summed E-state index contributed by atoms with van der Waals surface area (Å²) in [4.78, 5) is 32.7. The molecule has 4 aromatic rings. The van der Waals surface area contributed by atoms with Crippen LogP contribution < -0.4 is 10.7 Å². The lowest BCUT2D eigenvalue weighted by molar-refractivity contribution is -0.132. The Bertz CT molecular complexity index is 1220. The molecule has 1 amide bonds. The molecular weight excluding hydrogens is 386 g/mol. The third kappa shape index (κ3) is 3.32. The van der Waals surface area contributed by atoms with E-state index in [9.17, 15) is 9.59 Å². The van der Waals surface area contributed by atoms with Crippen molar-refractivity contribution in [2.45, 2.75) is 6.54 Å². The van der Waals surface area contributed by atoms with Crippen molar-refractivity contribution in [1.82, 2.24) is 29.2 Å². The van der Waals surface area contributed by atoms with Gasteiger partial charge >= 0.3 is 5.76 Å². The highest BCUT2D eigenvalue weighted by Crippen LogP contribution is 2.16. The normalized spacial score (nSPS) is 14.4. The first-order valence-corrected chi connectivity index (χ1v) is 9.62. The molecule has 0 bridgehead atoms. The summed E-state index contributed by atoms with van der Waals surface area (Å²) in [5.74, 6) is 0.840. The van der Waals surface area contributed by atoms with Gasteiger partial charge in [0.05, 0.1) is 5.52 Å². The van der Waals surface area contributed by atoms with Crippen molar-refractivity contribution < 1.29 is 9.21 Å². The minimum Gasteiger partial charge on any atom is -0.408 e. The van der Waals surface area contributed by atoms with Crippen LogP contribution in [0.3, 0.4) is 0 Å². The maximum atomic E-state index is 12.7. The average molecular weight is 405 g/mol. The molecule has 1 saturated heterocycles. The second kappa shape index (κ2) is 7.47. The number of benzene rings is 1. The van der Waals surface area contributed by atoms with E-state index < -0.39 is 5.76 Å². The van der Waals surface area contributed by atoms with Crippen molar-refractivity contribution in [3.05, 3.63) is 65.7 Å². The van der Waals surface area contributed by atoms with Gasteiger partial charge in [0, 0.05) is 38.6 Å². The van der Waals surface area contributed by atoms with E-state index in [4.69, 9.17) is 4.42 Å². The van der Waals surface area contributed by atoms with E-state index in [1.807, 2.05) is 24.4 Å². The topological polar surface area (TPSA) is 102 Å². The predicted octanol–water partition coefficient (Wildman–Crippen LogP) is 0.919. The van der Waals surface area contributed by atoms with Crippen LogP contribution in [0.5, 0.6) is 0 Å². The molecule has 0 unspecified atom stereocenters. The summed E-state index contributed by atoms with van der Waals surface area (Å²) in [5.41, 5.74) is 1.11. The van der Waals surface area contributed by atoms with Crippen LogP contribution in [-0.4, -0.2) is 61.3 Å². The molecule has 1 fully saturated rings. The van der Waals surface area contributed by atoms with Crippen LogP contribution >= 0.6 is 0 Å². The van der Waals surface area contributed by atoms with Gasteiger partial charge in [0.1, 0.15) is 12.9 Å². The Kier molecular flexibility index (Phi) is 4.51. The van der Waals surface area contributed by atoms with E-state index in [0.717, 1.165) is 5.82 Å². The highest BCUT2D eigenvalue weighted by molar-refractivity contribution is 5.79. The molecular formula is C20H19N7O3. The lowest BCUT2D eigenvalue weighted by Crippen LogP contribution is -2.50. The van der Waals surface area contributed by atoms with Crippen molar-refractivity contribution in [2.24, 2.45) is 0 Å². The molecule has 1 aliphatic rings. The molecule has 5 rings (SSSR count). The SMILES string of the molecule is O=C(Cn1c(=O)oc2ccccc21)N1CCN(c2ccc(-n3ccnc3)nn2)CC1. The van der Waals surface area contributed by atoms with Crippen molar-refractivity contribution >= 4 is 22.8 Å². The number of para-hydroxylation sites is 2. The van der Waals surface area contributed by atoms with Crippen LogP contribution in [0, 0.1) is 0 Å². The Balaban J connectivity index is 1.23. The van der Waals surface area contributed by atoms with Crippen molar-refractivity contribution in [2.75, 3.05) is 31.1 Å². The van der Waals surface area contributed by atoms with Gasteiger partial charge in [-0.1, -0.05) is 12.1 Å². The molecule has 10 nitrogen and oxygen atoms in total. The van der Waals surface area contributed by atoms with E-state index in [1.165, 1.54) is 4.57 Å². The molecule has 0 aliphatic carbocycles. The van der Waals surface area contributed by atoms with Gasteiger partial charge in [0.25, 0.3) is 0 Å². The van der Waals surface area contributed by atoms with Gasteiger partial charge in [-0.3, -0.25) is 13.9 Å². The molecule has 0 atom stereocenters. The van der Waals surface area contributed by atoms with Crippen molar-refractivity contribution in [3.63, 3.8) is 0 Å². The van der Waals surface area contributed by atoms with Gasteiger partial charge in [-0.2, -0.15) is 0 Å². The van der Waals surface area contributed by atoms with E-state index in [1.54, 1.807) is 40.2 Å². The van der Waals surface area contributed by atoms with Crippen LogP contribution in [-0.2, 0) is 11.3 Å². The summed E-state index contributed by atoms with van der Waals surface area (Å²) < 4.78 is 8.37. The number of imidazole rings is 1. The van der Waals surface area contributed by atoms with Crippen LogP contribution in [0.25, 0.3) is 16.9 Å². The molecule has 30 heavy (non-hydrogen) atoms. The van der Waals surface area contributed by atoms with Crippen molar-refractivity contribution in [1.29, 1.82) is 0 Å². The number of hydrogen-bond acceptors (Lipinski definition) is 7. The van der Waals surface area contributed by atoms with Gasteiger partial charge in [-0.15, -0.1) is 10.2 Å². The van der Waals surface area contributed by atoms with E-state index in [2.05, 4.69) is 20.1 Å². The zero-order valence-electron chi connectivity index (χ0n) is 16.1. The van der Waals surface area contributed by atoms with Crippen LogP contribution in [0.1, 0.15) is 0 Å². The number of oxazole rings is 1. The smallest absolute Gasteiger partial charge is 0.408 e. The summed E-state index contributed by atoms with van der Waals surface area (Å²) in [7, 11) is 0. The number of hydrogen-bond donors (Lipinski definition) is 0. The fourth-order valence-corrected chi connectivity index (χ4v) is 3.60. The zero-order valence-corrected chi connectivity index (χ0v) is 16.1. The fraction of sp³-hybridized carbons (Fsp3) is 0.250. The number of aromatic nitrogens is 5. The average Bonchev–Trinajstić information content (AvgIpc) is 3.43. The summed E-state index contributed by atoms with van der Waals surface area (Å²) in [6.07, 6.45) is 5.16. The number of rotatable bonds is 4. The first kappa shape index (κ1) is 18.1. The fourth-order valence-electron chi connectivity index (χ4n) is 3.60. The van der Waals surface area contributed by atoms with E-state index >= 15 is 0 Å². The Hall–Kier alpha value is -3.95. The van der Waals surface area contributed by atoms with E-state index in [0.29, 0.717) is 43.1 Å². The summed E-state index contributed by atoms with van der Waals surface area (Å²) in [5, 5.41) is 8.54. The maximum Gasteiger partial charge on any atom is 0.420 e. The Labute approximate surface area is 171 Å². The Morgan fingerprint density at radius 2 is 1.77 bits per heavy atom. The zero-order chi connectivity index (χ0) is 20.5. The van der Waals surface area contributed by atoms with Gasteiger partial charge < -0.3 is 14.2 Å². The quantitative estimate of drug-likeness (QED) is 0.497. The summed E-state index contributed by atoms with van der Waals surface area (Å²) >= 11 is 0. The molecule has 1 aromatic carbocycles. The lowest BCUT2D eigenvalue weighted by Gasteiger charge is -2.35. The van der Waals surface area contributed by atoms with Crippen LogP contribution in [0.15, 0.2) is 64.3 Å². The Morgan fingerprint density at radius 1 is 1.00 bits per heavy atom. The summed E-state index contributed by atoms with van der Waals surface area (Å²) in [6.45, 7) is 2.36. The van der Waals surface area contributed by atoms with Crippen LogP contribution in [0.4, 0.5) is 5.82 Å². The highest BCUT2D eigenvalue weighted by atomic mass is 16.4. The number of fused-ring (bicyclic) bond motifs is 1. The van der Waals surface area contributed by atoms with Crippen LogP contribution in [0.2, 0.25) is 0 Å². The van der Waals surface area contributed by atoms with Gasteiger partial charge in [-0.05, 0) is 24.3 Å². The van der Waals surface area contributed by atoms with Gasteiger partial charge in [-0.25, -0.2) is 9.78 Å². The standard InChI is InChI=1S/C20H19N7O3/c28-19(13-27-15-3-1-2-4-16(15)30-20(27)29)25-11-9-24(10-12-25)17-5-6-18(23-22-17)26-8-7-21-14-26/h1-8,14H,9-13H2. The molecule has 0 spiro atoms. The molecule has 10 heteroatoms. The number of nitrogens with zero attached hydrogens (tertiary/aromatic N) is 7. The maximum absolute atomic E-state index is 12.7. The minimum atomic E-state index is -0.517. The van der Waals surface area contributed by atoms with Crippen molar-refractivity contribution in [3.8, 4) is 5.82 Å². The predicted molar refractivity (Wildman–Crippen MR) is 108 cm³/mol. The molecule has 0 N–H and O–H groups in total. The Morgan fingerprint density at radius 3 is 2.50 bits per heavy atom. The second-order valence-corrected chi connectivity index (χ2v) is 7.01. The third-order valence-electron chi connectivity index (χ3n) is 5.23. The van der Waals surface area contributed by atoms with Gasteiger partial charge in [0.2, 0.25) is 5.91 Å². The number of anilines is 1. The molecule has 0 saturated carbocycles. The highest BCUT2D eigenvalue weighted by Gasteiger charge is 2.23. The number of carbonyl (C=O) groups excluding carboxylic acids is 1. The van der Waals surface area contributed by atoms with E-state index in [-0.39, 0.29) is 12.5 Å². The van der Waals surface area contributed by atoms with Gasteiger partial charge in [0.15, 0.2) is 17.2 Å². The molecule has 4 heterocycles. The molecule has 1 aliphatic heterocycles. The minimum absolute atomic E-state index is 0.0325. The molecule has 3 aromatic heterocycles. The monoisotopic (exact) mass is 405 g/mol. The first-order valence-electron chi connectivity index (χ1n) is 9.62. The summed E-state index contributed by atoms with van der Waals surface area (Å²) in [6, 6.07) is 10.9. The lowest BCUT2D eigenvalue weighted by atomic mass is 10.3. The largest absolute Gasteiger partial charge is 0.420 e. The molecule has 152 valence electrons. The second-order valence-electron chi connectivity index (χ2n) is 7.01. The number of amides is 1. The molecule has 0 radical (unpaired) electrons. The third-order valence-corrected chi connectivity index (χ3v) is 5.23. The number of carbonyl (C=O) groups is 1.